The van der Waals surface area contributed by atoms with Gasteiger partial charge in [0.15, 0.2) is 11.5 Å². The third-order valence-corrected chi connectivity index (χ3v) is 19.3. The number of carbonyl (C=O) groups excluding carboxylic acids is 3. The Balaban J connectivity index is 0.00000162. The van der Waals surface area contributed by atoms with E-state index in [1.54, 1.807) is 67.6 Å². The van der Waals surface area contributed by atoms with E-state index >= 15 is 0 Å². The van der Waals surface area contributed by atoms with Gasteiger partial charge in [-0.2, -0.15) is 9.78 Å². The Labute approximate surface area is 929 Å². The molecule has 0 saturated carbocycles. The minimum absolute atomic E-state index is 0.0342. The van der Waals surface area contributed by atoms with E-state index in [0.717, 1.165) is 88.6 Å². The molecule has 7 rings (SSSR count). The van der Waals surface area contributed by atoms with E-state index in [-0.39, 0.29) is 59.0 Å². The van der Waals surface area contributed by atoms with Gasteiger partial charge in [0, 0.05) is 46.6 Å². The lowest BCUT2D eigenvalue weighted by Crippen LogP contribution is -2.27. The molecule has 143 heavy (non-hydrogen) atoms. The molecule has 0 N–H and O–H groups in total. The minimum atomic E-state index is -0.491. The number of esters is 3. The molecule has 0 heterocycles. The summed E-state index contributed by atoms with van der Waals surface area (Å²) in [4.78, 5) is 116. The van der Waals surface area contributed by atoms with Crippen molar-refractivity contribution in [3.05, 3.63) is 294 Å². The van der Waals surface area contributed by atoms with Crippen LogP contribution in [0, 0.1) is 0 Å². The third kappa shape index (κ3) is 82.8. The number of halogens is 10. The van der Waals surface area contributed by atoms with Crippen molar-refractivity contribution in [2.45, 2.75) is 217 Å². The van der Waals surface area contributed by atoms with Crippen LogP contribution in [0.5, 0.6) is 11.5 Å². The van der Waals surface area contributed by atoms with Crippen molar-refractivity contribution in [1.29, 1.82) is 0 Å². The van der Waals surface area contributed by atoms with Gasteiger partial charge in [0.2, 0.25) is 0 Å². The molecule has 0 aliphatic carbocycles. The number of alkyl halides is 9. The lowest BCUT2D eigenvalue weighted by atomic mass is 10.1. The Morgan fingerprint density at radius 1 is 0.329 bits per heavy atom. The van der Waals surface area contributed by atoms with Crippen molar-refractivity contribution < 1.29 is 107 Å². The van der Waals surface area contributed by atoms with E-state index < -0.39 is 12.1 Å². The van der Waals surface area contributed by atoms with Crippen molar-refractivity contribution in [3.8, 4) is 11.5 Å². The van der Waals surface area contributed by atoms with E-state index in [0.29, 0.717) is 139 Å². The zero-order chi connectivity index (χ0) is 108. The first-order chi connectivity index (χ1) is 67.1. The van der Waals surface area contributed by atoms with Crippen LogP contribution in [0.2, 0.25) is 5.02 Å². The molecule has 0 spiro atoms. The highest BCUT2D eigenvalue weighted by Gasteiger charge is 2.22. The number of carbonyl (C=O) groups is 3. The Morgan fingerprint density at radius 3 is 1.03 bits per heavy atom. The Morgan fingerprint density at radius 2 is 0.650 bits per heavy atom. The number of benzene rings is 7. The van der Waals surface area contributed by atoms with Crippen molar-refractivity contribution in [2.24, 2.45) is 0 Å². The molecule has 1 unspecified atom stereocenters. The number of rotatable bonds is 59. The Hall–Kier alpha value is -5.67. The molecule has 0 bridgehead atoms. The summed E-state index contributed by atoms with van der Waals surface area (Å²) in [6.45, 7) is 70.0. The van der Waals surface area contributed by atoms with Crippen LogP contribution in [-0.4, -0.2) is 157 Å². The van der Waals surface area contributed by atoms with Crippen LogP contribution in [0.25, 0.3) is 42.5 Å². The average molecular weight is 2550 g/mol. The Bertz CT molecular complexity index is 4660. The molecule has 796 valence electrons. The van der Waals surface area contributed by atoms with Crippen LogP contribution in [0.15, 0.2) is 222 Å². The van der Waals surface area contributed by atoms with Crippen molar-refractivity contribution in [2.75, 3.05) is 98.4 Å². The fourth-order valence-electron chi connectivity index (χ4n) is 9.26. The number of unbranched alkanes of at least 4 members (excludes halogenated alkanes) is 3. The molecule has 32 heteroatoms. The van der Waals surface area contributed by atoms with E-state index in [4.69, 9.17) is 116 Å². The molecule has 0 aliphatic rings. The molecule has 0 fully saturated rings. The smallest absolute Gasteiger partial charge is 0.338 e. The molecular weight excluding hydrogens is 2400 g/mol. The first-order valence-corrected chi connectivity index (χ1v) is 53.4. The zero-order valence-electron chi connectivity index (χ0n) is 86.1. The summed E-state index contributed by atoms with van der Waals surface area (Å²) in [6.07, 6.45) is 18.3. The summed E-state index contributed by atoms with van der Waals surface area (Å²) >= 11 is 39.3. The standard InChI is InChI=1S/C19H27BrO4.C16H21BrO4.C15H21BrO2.2C13H17BrO2.C12H14BrClO2.C12H15BrO2.C11H18BrClO4/c1-4-16-9-11-17(12-10-16)18(21)22-13-7-5-6-8-14-23-24-15-19(2,3)20;1-4-13-6-8-14(9-7-13)15(18)19-10-5-11-20-21-12-16(2,3)17;1-4-13-7-9-14(10-8-13)6-5-11-17-18-12-15(2,3)16;1-4-11-5-7-12(8-6-11)9-15-16-10-13(2,3)14;1-4-11-6-5-7-12(8-11)9-15-16-10-13(2,3)14;1-4-9-5-6-11(10(14)7-9)16-15-8-12(2,3)13;1-4-10-5-7-11(8-6-10)15-14-9-12(2,3)13;1-8(2)10(14)15-6-9(5-13)17-16-7-11(3,4)12/h4,9-12H,1,5-8,13-15H2,2-3H3;4,6-9H,1,5,10-12H2,2-3H3;4,7-10H,1,5-6,11-12H2,2-3H3;2*4-8H,1,9-10H2,2-3H3;4-7H,1,8H2,2-3H3;4-8H,1,9H2,2-3H3;9H,1,5-7H2,2-4H3. The molecule has 1 atom stereocenters. The summed E-state index contributed by atoms with van der Waals surface area (Å²) in [5.74, 6) is 0.283. The maximum Gasteiger partial charge on any atom is 0.338 e. The molecule has 0 aliphatic heterocycles. The molecule has 0 saturated heterocycles. The second-order valence-electron chi connectivity index (χ2n) is 36.6. The van der Waals surface area contributed by atoms with Crippen LogP contribution in [-0.2, 0) is 107 Å². The van der Waals surface area contributed by atoms with Crippen molar-refractivity contribution in [3.63, 3.8) is 0 Å². The van der Waals surface area contributed by atoms with Crippen LogP contribution < -0.4 is 9.78 Å². The highest BCUT2D eigenvalue weighted by atomic mass is 79.9. The fraction of sp³-hybridized carbons (Fsp3) is 0.450. The summed E-state index contributed by atoms with van der Waals surface area (Å²) in [6, 6.07) is 51.6. The number of ether oxygens (including phenoxy) is 3. The average Bonchev–Trinajstić information content (AvgIpc) is 0.875. The van der Waals surface area contributed by atoms with Gasteiger partial charge in [-0.3, -0.25) is 0 Å². The monoisotopic (exact) mass is 2540 g/mol. The van der Waals surface area contributed by atoms with Crippen LogP contribution >= 0.6 is 151 Å². The van der Waals surface area contributed by atoms with Gasteiger partial charge < -0.3 is 24.0 Å². The largest absolute Gasteiger partial charge is 0.462 e. The highest BCUT2D eigenvalue weighted by molar-refractivity contribution is 9.11. The van der Waals surface area contributed by atoms with Gasteiger partial charge in [-0.15, -0.1) is 11.6 Å². The number of hydrogen-bond donors (Lipinski definition) is 0. The lowest BCUT2D eigenvalue weighted by molar-refractivity contribution is -0.326. The van der Waals surface area contributed by atoms with Crippen molar-refractivity contribution in [1.82, 2.24) is 0 Å². The van der Waals surface area contributed by atoms with Gasteiger partial charge >= 0.3 is 17.9 Å². The predicted molar refractivity (Wildman–Crippen MR) is 614 cm³/mol. The molecular formula is C111H150Br8Cl2O22. The summed E-state index contributed by atoms with van der Waals surface area (Å²) in [5.41, 5.74) is 12.2. The third-order valence-electron chi connectivity index (χ3n) is 16.9. The highest BCUT2D eigenvalue weighted by Crippen LogP contribution is 2.29. The van der Waals surface area contributed by atoms with Crippen molar-refractivity contribution >= 4 is 211 Å². The van der Waals surface area contributed by atoms with Crippen LogP contribution in [0.1, 0.15) is 233 Å². The van der Waals surface area contributed by atoms with Crippen LogP contribution in [0.3, 0.4) is 0 Å². The molecule has 7 aromatic rings. The summed E-state index contributed by atoms with van der Waals surface area (Å²) < 4.78 is 14.6. The fourth-order valence-corrected chi connectivity index (χ4v) is 10.4. The molecule has 0 aromatic heterocycles. The van der Waals surface area contributed by atoms with E-state index in [9.17, 15) is 14.4 Å². The summed E-state index contributed by atoms with van der Waals surface area (Å²) in [7, 11) is 0. The van der Waals surface area contributed by atoms with Gasteiger partial charge in [0.1, 0.15) is 39.1 Å². The van der Waals surface area contributed by atoms with Crippen LogP contribution in [0.4, 0.5) is 0 Å². The topological polar surface area (TPSA) is 227 Å². The van der Waals surface area contributed by atoms with E-state index in [1.165, 1.54) is 5.56 Å². The first kappa shape index (κ1) is 137. The van der Waals surface area contributed by atoms with Gasteiger partial charge in [-0.1, -0.05) is 350 Å². The SMILES string of the molecule is C=C(C)C(=O)OCC(CCl)OOCC(C)(C)Br.C=Cc1ccc(C(=O)OCCCCCCOOCC(C)(C)Br)cc1.C=Cc1ccc(C(=O)OCCCOOCC(C)(C)Br)cc1.C=Cc1ccc(CCCOOCC(C)(C)Br)cc1.C=Cc1ccc(COOCC(C)(C)Br)cc1.C=Cc1ccc(OOCC(C)(C)Br)c(Cl)c1.C=Cc1ccc(OOCC(C)(C)Br)cc1.C=Cc1cccc(COOCC(C)(C)Br)c1. The van der Waals surface area contributed by atoms with Gasteiger partial charge in [-0.05, 0) is 260 Å². The normalized spacial score (nSPS) is 11.5. The quantitative estimate of drug-likeness (QED) is 0.00656. The van der Waals surface area contributed by atoms with Gasteiger partial charge in [-0.25, -0.2) is 73.0 Å². The molecule has 0 amide bonds. The first-order valence-electron chi connectivity index (χ1n) is 46.1. The minimum Gasteiger partial charge on any atom is -0.462 e. The Kier molecular flexibility index (Phi) is 74.6. The van der Waals surface area contributed by atoms with E-state index in [1.807, 2.05) is 232 Å². The maximum atomic E-state index is 11.8. The molecule has 0 radical (unpaired) electrons. The lowest BCUT2D eigenvalue weighted by Gasteiger charge is -2.18. The summed E-state index contributed by atoms with van der Waals surface area (Å²) in [5, 5.41) is 0.504. The molecule has 22 nitrogen and oxygen atoms in total. The van der Waals surface area contributed by atoms with Gasteiger partial charge in [0.05, 0.1) is 94.7 Å². The number of hydrogen-bond acceptors (Lipinski definition) is 22. The van der Waals surface area contributed by atoms with Gasteiger partial charge in [0.25, 0.3) is 0 Å². The predicted octanol–water partition coefficient (Wildman–Crippen LogP) is 32.6. The maximum absolute atomic E-state index is 11.8. The molecule has 7 aromatic carbocycles. The van der Waals surface area contributed by atoms with E-state index in [2.05, 4.69) is 204 Å². The zero-order valence-corrected chi connectivity index (χ0v) is 100. The second kappa shape index (κ2) is 77.6. The number of aryl methyl sites for hydroxylation is 1. The second-order valence-corrected chi connectivity index (χ2v) is 54.4.